The van der Waals surface area contributed by atoms with Gasteiger partial charge in [0, 0.05) is 11.6 Å². The van der Waals surface area contributed by atoms with E-state index in [1.165, 1.54) is 28.0 Å². The third-order valence-corrected chi connectivity index (χ3v) is 5.70. The fourth-order valence-corrected chi connectivity index (χ4v) is 3.94. The van der Waals surface area contributed by atoms with E-state index in [2.05, 4.69) is 0 Å². The summed E-state index contributed by atoms with van der Waals surface area (Å²) in [5.41, 5.74) is -0.0347. The first-order chi connectivity index (χ1) is 14.9. The molecule has 3 rings (SSSR count). The lowest BCUT2D eigenvalue weighted by atomic mass is 9.94. The van der Waals surface area contributed by atoms with Crippen molar-refractivity contribution in [1.29, 1.82) is 0 Å². The summed E-state index contributed by atoms with van der Waals surface area (Å²) in [6.07, 6.45) is 0. The maximum atomic E-state index is 13.3. The second-order valence-corrected chi connectivity index (χ2v) is 7.36. The summed E-state index contributed by atoms with van der Waals surface area (Å²) < 4.78 is 0. The zero-order chi connectivity index (χ0) is 22.5. The summed E-state index contributed by atoms with van der Waals surface area (Å²) in [7, 11) is 0. The number of nitro groups is 1. The van der Waals surface area contributed by atoms with E-state index in [0.29, 0.717) is 6.54 Å². The van der Waals surface area contributed by atoms with Crippen molar-refractivity contribution in [1.82, 2.24) is 4.90 Å². The van der Waals surface area contributed by atoms with Gasteiger partial charge in [0.15, 0.2) is 0 Å². The van der Waals surface area contributed by atoms with Gasteiger partial charge in [0.05, 0.1) is 42.7 Å². The summed E-state index contributed by atoms with van der Waals surface area (Å²) in [4.78, 5) is 39.5. The summed E-state index contributed by atoms with van der Waals surface area (Å²) in [5.74, 6) is -2.28. The Morgan fingerprint density at radius 1 is 1.03 bits per heavy atom. The molecule has 1 unspecified atom stereocenters. The van der Waals surface area contributed by atoms with Crippen molar-refractivity contribution in [3.05, 3.63) is 81.4 Å². The molecule has 0 radical (unpaired) electrons. The molecule has 1 amide bonds. The second kappa shape index (κ2) is 9.53. The Morgan fingerprint density at radius 2 is 1.65 bits per heavy atom. The van der Waals surface area contributed by atoms with Crippen molar-refractivity contribution in [3.63, 3.8) is 0 Å². The average molecular weight is 423 g/mol. The van der Waals surface area contributed by atoms with Gasteiger partial charge in [-0.05, 0) is 25.5 Å². The molecule has 0 spiro atoms. The lowest BCUT2D eigenvalue weighted by Crippen LogP contribution is -3.12. The van der Waals surface area contributed by atoms with Crippen LogP contribution in [0.25, 0.3) is 5.76 Å². The minimum Gasteiger partial charge on any atom is -0.872 e. The summed E-state index contributed by atoms with van der Waals surface area (Å²) in [6.45, 7) is 6.49. The van der Waals surface area contributed by atoms with Crippen LogP contribution in [-0.4, -0.2) is 47.7 Å². The van der Waals surface area contributed by atoms with Gasteiger partial charge in [-0.1, -0.05) is 48.2 Å². The molecule has 1 aliphatic heterocycles. The molecule has 1 atom stereocenters. The van der Waals surface area contributed by atoms with Crippen molar-refractivity contribution in [2.75, 3.05) is 26.2 Å². The fraction of sp³-hybridized carbons (Fsp3) is 0.304. The maximum Gasteiger partial charge on any atom is 0.295 e. The van der Waals surface area contributed by atoms with Gasteiger partial charge in [0.25, 0.3) is 11.6 Å². The standard InChI is InChI=1S/C23H25N3O5/c1-3-24(4-2)14-15-25-20(17-12-8-9-13-18(17)26(30)31)19(22(28)23(25)29)21(27)16-10-6-5-7-11-16/h5-13,20,27H,3-4,14-15H2,1-2H3. The highest BCUT2D eigenvalue weighted by molar-refractivity contribution is 6.46. The molecule has 1 aliphatic rings. The Balaban J connectivity index is 2.17. The molecule has 2 aromatic carbocycles. The van der Waals surface area contributed by atoms with Crippen molar-refractivity contribution < 1.29 is 24.5 Å². The van der Waals surface area contributed by atoms with Crippen LogP contribution in [0.3, 0.4) is 0 Å². The lowest BCUT2D eigenvalue weighted by molar-refractivity contribution is -0.895. The first kappa shape index (κ1) is 22.2. The molecule has 8 heteroatoms. The van der Waals surface area contributed by atoms with Gasteiger partial charge < -0.3 is 14.9 Å². The second-order valence-electron chi connectivity index (χ2n) is 7.36. The van der Waals surface area contributed by atoms with Gasteiger partial charge in [0.1, 0.15) is 0 Å². The number of nitro benzene ring substituents is 1. The normalized spacial score (nSPS) is 18.0. The third-order valence-electron chi connectivity index (χ3n) is 5.70. The minimum atomic E-state index is -1.09. The Bertz CT molecular complexity index is 1010. The number of benzene rings is 2. The molecule has 1 fully saturated rings. The first-order valence-corrected chi connectivity index (χ1v) is 10.3. The quantitative estimate of drug-likeness (QED) is 0.222. The van der Waals surface area contributed by atoms with Crippen LogP contribution in [0.15, 0.2) is 60.2 Å². The van der Waals surface area contributed by atoms with Gasteiger partial charge in [-0.15, -0.1) is 0 Å². The van der Waals surface area contributed by atoms with E-state index in [4.69, 9.17) is 0 Å². The Hall–Kier alpha value is -3.52. The van der Waals surface area contributed by atoms with Crippen molar-refractivity contribution in [2.45, 2.75) is 19.9 Å². The topological polar surface area (TPSA) is 108 Å². The summed E-state index contributed by atoms with van der Waals surface area (Å²) >= 11 is 0. The highest BCUT2D eigenvalue weighted by Gasteiger charge is 2.46. The van der Waals surface area contributed by atoms with Crippen LogP contribution in [0.5, 0.6) is 0 Å². The predicted molar refractivity (Wildman–Crippen MR) is 113 cm³/mol. The predicted octanol–water partition coefficient (Wildman–Crippen LogP) is 0.744. The number of likely N-dealkylation sites (tertiary alicyclic amines) is 1. The molecule has 0 aromatic heterocycles. The van der Waals surface area contributed by atoms with Gasteiger partial charge in [-0.25, -0.2) is 0 Å². The van der Waals surface area contributed by atoms with Crippen molar-refractivity contribution in [2.24, 2.45) is 0 Å². The van der Waals surface area contributed by atoms with Gasteiger partial charge in [-0.3, -0.25) is 19.7 Å². The van der Waals surface area contributed by atoms with Crippen molar-refractivity contribution in [3.8, 4) is 0 Å². The monoisotopic (exact) mass is 423 g/mol. The number of carbonyl (C=O) groups excluding carboxylic acids is 2. The molecular weight excluding hydrogens is 398 g/mol. The number of hydrogen-bond acceptors (Lipinski definition) is 5. The number of carbonyl (C=O) groups is 2. The Morgan fingerprint density at radius 3 is 2.26 bits per heavy atom. The molecule has 1 heterocycles. The molecular formula is C23H25N3O5. The van der Waals surface area contributed by atoms with E-state index in [-0.39, 0.29) is 28.9 Å². The van der Waals surface area contributed by atoms with E-state index in [1.807, 2.05) is 13.8 Å². The molecule has 8 nitrogen and oxygen atoms in total. The van der Waals surface area contributed by atoms with Crippen LogP contribution in [0, 0.1) is 10.1 Å². The molecule has 0 bridgehead atoms. The number of quaternary nitrogens is 1. The number of hydrogen-bond donors (Lipinski definition) is 1. The Kier molecular flexibility index (Phi) is 6.81. The SMILES string of the molecule is CC[NH+](CC)CCN1C(=O)C(=O)C(=C([O-])c2ccccc2)C1c1ccccc1[N+](=O)[O-]. The molecule has 1 N–H and O–H groups in total. The highest BCUT2D eigenvalue weighted by atomic mass is 16.6. The number of Topliss-reactive ketones (excluding diaryl/α,β-unsaturated/α-hetero) is 1. The van der Waals surface area contributed by atoms with Crippen LogP contribution in [0.1, 0.15) is 31.0 Å². The molecule has 0 saturated carbocycles. The van der Waals surface area contributed by atoms with Gasteiger partial charge in [0.2, 0.25) is 5.78 Å². The molecule has 162 valence electrons. The smallest absolute Gasteiger partial charge is 0.295 e. The zero-order valence-corrected chi connectivity index (χ0v) is 17.5. The number of ketones is 1. The number of amides is 1. The average Bonchev–Trinajstić information content (AvgIpc) is 3.04. The highest BCUT2D eigenvalue weighted by Crippen LogP contribution is 2.41. The van der Waals surface area contributed by atoms with E-state index in [9.17, 15) is 24.8 Å². The maximum absolute atomic E-state index is 13.3. The van der Waals surface area contributed by atoms with Crippen LogP contribution in [0.2, 0.25) is 0 Å². The zero-order valence-electron chi connectivity index (χ0n) is 17.5. The first-order valence-electron chi connectivity index (χ1n) is 10.3. The molecule has 0 aliphatic carbocycles. The molecule has 1 saturated heterocycles. The van der Waals surface area contributed by atoms with Crippen LogP contribution >= 0.6 is 0 Å². The molecule has 31 heavy (non-hydrogen) atoms. The number of nitrogens with one attached hydrogen (secondary N) is 1. The van der Waals surface area contributed by atoms with E-state index in [1.54, 1.807) is 36.4 Å². The number of nitrogens with zero attached hydrogens (tertiary/aromatic N) is 2. The van der Waals surface area contributed by atoms with Gasteiger partial charge >= 0.3 is 0 Å². The van der Waals surface area contributed by atoms with Crippen LogP contribution in [0.4, 0.5) is 5.69 Å². The third kappa shape index (κ3) is 4.34. The molecule has 2 aromatic rings. The summed E-state index contributed by atoms with van der Waals surface area (Å²) in [5, 5.41) is 24.9. The Labute approximate surface area is 180 Å². The largest absolute Gasteiger partial charge is 0.872 e. The van der Waals surface area contributed by atoms with Crippen LogP contribution < -0.4 is 10.0 Å². The van der Waals surface area contributed by atoms with Crippen molar-refractivity contribution >= 4 is 23.1 Å². The van der Waals surface area contributed by atoms with Crippen LogP contribution in [-0.2, 0) is 9.59 Å². The number of likely N-dealkylation sites (N-methyl/N-ethyl adjacent to an activating group) is 1. The fourth-order valence-electron chi connectivity index (χ4n) is 3.94. The van der Waals surface area contributed by atoms with E-state index >= 15 is 0 Å². The van der Waals surface area contributed by atoms with E-state index in [0.717, 1.165) is 13.1 Å². The van der Waals surface area contributed by atoms with Gasteiger partial charge in [-0.2, -0.15) is 0 Å². The van der Waals surface area contributed by atoms with E-state index < -0.39 is 28.4 Å². The number of rotatable bonds is 8. The lowest BCUT2D eigenvalue weighted by Gasteiger charge is -2.28. The minimum absolute atomic E-state index is 0.167. The summed E-state index contributed by atoms with van der Waals surface area (Å²) in [6, 6.07) is 13.0. The number of para-hydroxylation sites is 1.